The van der Waals surface area contributed by atoms with Crippen LogP contribution in [0.5, 0.6) is 0 Å². The first kappa shape index (κ1) is 16.3. The van der Waals surface area contributed by atoms with E-state index < -0.39 is 15.6 Å². The molecule has 10 heteroatoms. The highest BCUT2D eigenvalue weighted by Crippen LogP contribution is 2.36. The van der Waals surface area contributed by atoms with Crippen LogP contribution in [0.3, 0.4) is 0 Å². The molecule has 0 saturated carbocycles. The number of aromatic nitrogens is 5. The zero-order valence-electron chi connectivity index (χ0n) is 14.6. The molecular formula is C17H17N7O2S. The number of nitrogens with zero attached hydrogens (tertiary/aromatic N) is 5. The fraction of sp³-hybridized carbons (Fsp3) is 0.353. The van der Waals surface area contributed by atoms with Crippen molar-refractivity contribution in [3.05, 3.63) is 24.5 Å². The summed E-state index contributed by atoms with van der Waals surface area (Å²) in [7, 11) is -3.28. The molecule has 5 rings (SSSR count). The molecule has 0 radical (unpaired) electrons. The van der Waals surface area contributed by atoms with E-state index in [0.29, 0.717) is 0 Å². The number of fused-ring (bicyclic) bond motifs is 2. The Hall–Kier alpha value is -2.90. The summed E-state index contributed by atoms with van der Waals surface area (Å²) in [6.07, 6.45) is 3.81. The third-order valence-electron chi connectivity index (χ3n) is 5.39. The van der Waals surface area contributed by atoms with Crippen molar-refractivity contribution in [1.82, 2.24) is 29.3 Å². The van der Waals surface area contributed by atoms with E-state index in [1.807, 2.05) is 24.5 Å². The standard InChI is InChI=1S/C17H17N7O2S/c1-2-27(25,26)23-9-17(10-23,4-5-18)24-21-13-7-11-8-20-16-14(11)12(3-6-19-16)15(13)22-24/h3,6-8,21H,2,4,9-10H2,1H3,(H,19,20). The second kappa shape index (κ2) is 5.31. The van der Waals surface area contributed by atoms with Gasteiger partial charge in [0.25, 0.3) is 0 Å². The Bertz CT molecular complexity index is 1330. The lowest BCUT2D eigenvalue weighted by Gasteiger charge is -2.47. The van der Waals surface area contributed by atoms with E-state index in [2.05, 4.69) is 21.1 Å². The minimum atomic E-state index is -3.28. The van der Waals surface area contributed by atoms with Gasteiger partial charge < -0.3 is 4.98 Å². The third kappa shape index (κ3) is 2.15. The Morgan fingerprint density at radius 2 is 2.22 bits per heavy atom. The third-order valence-corrected chi connectivity index (χ3v) is 7.17. The number of sulfonamides is 1. The minimum absolute atomic E-state index is 0.0487. The SMILES string of the molecule is CCS(=O)(=O)N1CC(CC#N)(n2nc3c(cc4cnc5[nH]ccc3c45)[nH]2)C1. The summed E-state index contributed by atoms with van der Waals surface area (Å²) in [5.41, 5.74) is 1.74. The largest absolute Gasteiger partial charge is 0.346 e. The molecule has 0 spiro atoms. The van der Waals surface area contributed by atoms with Crippen LogP contribution in [-0.2, 0) is 15.6 Å². The molecule has 4 heterocycles. The molecule has 27 heavy (non-hydrogen) atoms. The van der Waals surface area contributed by atoms with Crippen LogP contribution in [-0.4, -0.2) is 56.5 Å². The van der Waals surface area contributed by atoms with Crippen molar-refractivity contribution in [2.24, 2.45) is 0 Å². The molecule has 3 aromatic heterocycles. The number of nitrogens with one attached hydrogen (secondary N) is 2. The number of benzene rings is 1. The van der Waals surface area contributed by atoms with Gasteiger partial charge in [-0.05, 0) is 19.1 Å². The van der Waals surface area contributed by atoms with E-state index in [0.717, 1.165) is 32.8 Å². The predicted octanol–water partition coefficient (Wildman–Crippen LogP) is 1.67. The van der Waals surface area contributed by atoms with Crippen LogP contribution in [0.1, 0.15) is 13.3 Å². The zero-order chi connectivity index (χ0) is 18.8. The van der Waals surface area contributed by atoms with Crippen LogP contribution in [0, 0.1) is 11.3 Å². The Labute approximate surface area is 154 Å². The van der Waals surface area contributed by atoms with E-state index in [9.17, 15) is 13.7 Å². The summed E-state index contributed by atoms with van der Waals surface area (Å²) in [5, 5.41) is 20.3. The molecule has 4 aromatic rings. The van der Waals surface area contributed by atoms with Gasteiger partial charge in [-0.1, -0.05) is 0 Å². The molecule has 1 aliphatic rings. The number of rotatable bonds is 4. The molecule has 138 valence electrons. The maximum Gasteiger partial charge on any atom is 0.213 e. The fourth-order valence-electron chi connectivity index (χ4n) is 3.87. The molecule has 0 unspecified atom stereocenters. The maximum atomic E-state index is 12.1. The summed E-state index contributed by atoms with van der Waals surface area (Å²) < 4.78 is 25.7. The summed E-state index contributed by atoms with van der Waals surface area (Å²) >= 11 is 0. The van der Waals surface area contributed by atoms with Crippen molar-refractivity contribution in [1.29, 1.82) is 5.26 Å². The van der Waals surface area contributed by atoms with Gasteiger partial charge in [0.15, 0.2) is 0 Å². The molecule has 0 atom stereocenters. The van der Waals surface area contributed by atoms with Crippen LogP contribution >= 0.6 is 0 Å². The van der Waals surface area contributed by atoms with Crippen LogP contribution in [0.15, 0.2) is 24.5 Å². The molecule has 1 aromatic carbocycles. The van der Waals surface area contributed by atoms with Crippen molar-refractivity contribution in [3.8, 4) is 6.07 Å². The van der Waals surface area contributed by atoms with Crippen molar-refractivity contribution in [3.63, 3.8) is 0 Å². The minimum Gasteiger partial charge on any atom is -0.346 e. The molecular weight excluding hydrogens is 366 g/mol. The molecule has 0 bridgehead atoms. The lowest BCUT2D eigenvalue weighted by molar-refractivity contribution is 0.0584. The lowest BCUT2D eigenvalue weighted by atomic mass is 9.90. The van der Waals surface area contributed by atoms with Crippen molar-refractivity contribution in [2.45, 2.75) is 18.9 Å². The molecule has 1 saturated heterocycles. The van der Waals surface area contributed by atoms with Crippen molar-refractivity contribution >= 4 is 42.9 Å². The molecule has 0 aliphatic carbocycles. The summed E-state index contributed by atoms with van der Waals surface area (Å²) in [6.45, 7) is 2.11. The van der Waals surface area contributed by atoms with Gasteiger partial charge >= 0.3 is 0 Å². The average molecular weight is 383 g/mol. The first-order chi connectivity index (χ1) is 13.0. The van der Waals surface area contributed by atoms with Gasteiger partial charge in [0.1, 0.15) is 16.7 Å². The van der Waals surface area contributed by atoms with E-state index in [4.69, 9.17) is 5.10 Å². The maximum absolute atomic E-state index is 12.1. The van der Waals surface area contributed by atoms with Gasteiger partial charge in [-0.25, -0.2) is 13.4 Å². The summed E-state index contributed by atoms with van der Waals surface area (Å²) in [4.78, 5) is 9.17. The Balaban J connectivity index is 1.66. The monoisotopic (exact) mass is 383 g/mol. The summed E-state index contributed by atoms with van der Waals surface area (Å²) in [5.74, 6) is 0.0487. The molecule has 1 fully saturated rings. The molecule has 9 nitrogen and oxygen atoms in total. The zero-order valence-corrected chi connectivity index (χ0v) is 15.4. The molecule has 1 aliphatic heterocycles. The van der Waals surface area contributed by atoms with Crippen molar-refractivity contribution in [2.75, 3.05) is 18.8 Å². The first-order valence-corrected chi connectivity index (χ1v) is 10.3. The number of aromatic amines is 2. The smallest absolute Gasteiger partial charge is 0.213 e. The molecule has 2 N–H and O–H groups in total. The van der Waals surface area contributed by atoms with E-state index in [1.165, 1.54) is 4.31 Å². The number of nitriles is 1. The van der Waals surface area contributed by atoms with Crippen LogP contribution in [0.25, 0.3) is 32.8 Å². The van der Waals surface area contributed by atoms with Crippen LogP contribution < -0.4 is 0 Å². The number of pyridine rings is 1. The van der Waals surface area contributed by atoms with E-state index in [1.54, 1.807) is 11.7 Å². The lowest BCUT2D eigenvalue weighted by Crippen LogP contribution is -2.64. The Kier molecular flexibility index (Phi) is 3.20. The number of hydrogen-bond acceptors (Lipinski definition) is 5. The average Bonchev–Trinajstić information content (AvgIpc) is 3.24. The first-order valence-electron chi connectivity index (χ1n) is 8.66. The highest BCUT2D eigenvalue weighted by molar-refractivity contribution is 7.89. The quantitative estimate of drug-likeness (QED) is 0.555. The highest BCUT2D eigenvalue weighted by atomic mass is 32.2. The number of hydrogen-bond donors (Lipinski definition) is 2. The van der Waals surface area contributed by atoms with Gasteiger partial charge in [-0.2, -0.15) is 19.5 Å². The fourth-order valence-corrected chi connectivity index (χ4v) is 5.11. The topological polar surface area (TPSA) is 123 Å². The Morgan fingerprint density at radius 3 is 2.96 bits per heavy atom. The second-order valence-corrected chi connectivity index (χ2v) is 9.24. The van der Waals surface area contributed by atoms with Gasteiger partial charge in [0.05, 0.1) is 23.8 Å². The highest BCUT2D eigenvalue weighted by Gasteiger charge is 2.50. The van der Waals surface area contributed by atoms with Crippen molar-refractivity contribution < 1.29 is 8.42 Å². The summed E-state index contributed by atoms with van der Waals surface area (Å²) in [6, 6.07) is 6.12. The van der Waals surface area contributed by atoms with Gasteiger partial charge in [0.2, 0.25) is 10.0 Å². The van der Waals surface area contributed by atoms with Crippen LogP contribution in [0.2, 0.25) is 0 Å². The van der Waals surface area contributed by atoms with E-state index >= 15 is 0 Å². The normalized spacial score (nSPS) is 17.5. The van der Waals surface area contributed by atoms with Gasteiger partial charge in [-0.15, -0.1) is 0 Å². The Morgan fingerprint density at radius 1 is 1.41 bits per heavy atom. The second-order valence-electron chi connectivity index (χ2n) is 6.99. The predicted molar refractivity (Wildman–Crippen MR) is 100 cm³/mol. The van der Waals surface area contributed by atoms with Crippen LogP contribution in [0.4, 0.5) is 0 Å². The van der Waals surface area contributed by atoms with Gasteiger partial charge in [-0.3, -0.25) is 5.10 Å². The molecule has 0 amide bonds. The van der Waals surface area contributed by atoms with E-state index in [-0.39, 0.29) is 25.3 Å². The number of H-pyrrole nitrogens is 2. The van der Waals surface area contributed by atoms with Gasteiger partial charge in [0, 0.05) is 41.6 Å².